The Morgan fingerprint density at radius 2 is 2.05 bits per heavy atom. The monoisotopic (exact) mass is 261 g/mol. The zero-order valence-corrected chi connectivity index (χ0v) is 10.6. The molecule has 1 N–H and O–H groups in total. The first-order chi connectivity index (χ1) is 9.17. The summed E-state index contributed by atoms with van der Waals surface area (Å²) in [6, 6.07) is 6.97. The minimum Gasteiger partial charge on any atom is -0.466 e. The van der Waals surface area contributed by atoms with Crippen LogP contribution in [0.4, 0.5) is 5.69 Å². The van der Waals surface area contributed by atoms with Crippen LogP contribution in [0.1, 0.15) is 18.9 Å². The third-order valence-corrected chi connectivity index (χ3v) is 2.20. The number of rotatable bonds is 6. The van der Waals surface area contributed by atoms with E-state index in [-0.39, 0.29) is 13.0 Å². The van der Waals surface area contributed by atoms with Gasteiger partial charge in [0.25, 0.3) is 0 Å². The van der Waals surface area contributed by atoms with E-state index in [1.54, 1.807) is 37.3 Å². The molecule has 0 aliphatic heterocycles. The lowest BCUT2D eigenvalue weighted by Crippen LogP contribution is -2.18. The molecule has 0 saturated heterocycles. The van der Waals surface area contributed by atoms with E-state index < -0.39 is 11.9 Å². The van der Waals surface area contributed by atoms with Crippen LogP contribution in [0, 0.1) is 0 Å². The van der Waals surface area contributed by atoms with Gasteiger partial charge < -0.3 is 10.1 Å². The zero-order valence-electron chi connectivity index (χ0n) is 10.6. The van der Waals surface area contributed by atoms with Crippen molar-refractivity contribution < 1.29 is 19.1 Å². The second-order valence-corrected chi connectivity index (χ2v) is 3.61. The molecule has 0 unspecified atom stereocenters. The van der Waals surface area contributed by atoms with E-state index in [1.165, 1.54) is 6.08 Å². The van der Waals surface area contributed by atoms with Gasteiger partial charge in [-0.15, -0.1) is 0 Å². The molecule has 19 heavy (non-hydrogen) atoms. The largest absolute Gasteiger partial charge is 0.466 e. The normalized spacial score (nSPS) is 10.2. The Hall–Kier alpha value is -2.43. The molecule has 0 aliphatic rings. The van der Waals surface area contributed by atoms with Crippen molar-refractivity contribution in [3.05, 3.63) is 35.9 Å². The van der Waals surface area contributed by atoms with Crippen molar-refractivity contribution in [2.45, 2.75) is 13.3 Å². The lowest BCUT2D eigenvalue weighted by Gasteiger charge is -2.08. The number of hydrogen-bond donors (Lipinski definition) is 1. The zero-order chi connectivity index (χ0) is 14.1. The number of esters is 1. The molecule has 1 rings (SSSR count). The van der Waals surface area contributed by atoms with Gasteiger partial charge in [-0.3, -0.25) is 14.4 Å². The molecule has 0 atom stereocenters. The van der Waals surface area contributed by atoms with Gasteiger partial charge in [-0.25, -0.2) is 0 Å². The van der Waals surface area contributed by atoms with Crippen molar-refractivity contribution in [2.75, 3.05) is 11.9 Å². The molecule has 0 radical (unpaired) electrons. The molecule has 0 aliphatic carbocycles. The van der Waals surface area contributed by atoms with E-state index in [9.17, 15) is 14.4 Å². The standard InChI is InChI=1S/C14H15NO4/c1-2-19-14(18)10-13(17)15-12-8-4-3-6-11(12)7-5-9-16/h3-9H,2,10H2,1H3,(H,15,17)/b7-5+. The number of carbonyl (C=O) groups excluding carboxylic acids is 3. The highest BCUT2D eigenvalue weighted by atomic mass is 16.5. The van der Waals surface area contributed by atoms with Gasteiger partial charge in [-0.05, 0) is 30.7 Å². The van der Waals surface area contributed by atoms with Crippen molar-refractivity contribution in [3.8, 4) is 0 Å². The quantitative estimate of drug-likeness (QED) is 0.367. The fourth-order valence-corrected chi connectivity index (χ4v) is 1.44. The third kappa shape index (κ3) is 5.16. The highest BCUT2D eigenvalue weighted by Crippen LogP contribution is 2.16. The third-order valence-electron chi connectivity index (χ3n) is 2.20. The average molecular weight is 261 g/mol. The summed E-state index contributed by atoms with van der Waals surface area (Å²) < 4.78 is 4.69. The van der Waals surface area contributed by atoms with Crippen molar-refractivity contribution in [1.82, 2.24) is 0 Å². The Balaban J connectivity index is 2.71. The lowest BCUT2D eigenvalue weighted by atomic mass is 10.1. The van der Waals surface area contributed by atoms with Gasteiger partial charge in [0.1, 0.15) is 12.7 Å². The maximum atomic E-state index is 11.6. The van der Waals surface area contributed by atoms with E-state index in [2.05, 4.69) is 10.1 Å². The van der Waals surface area contributed by atoms with Crippen LogP contribution in [-0.4, -0.2) is 24.8 Å². The number of amides is 1. The minimum atomic E-state index is -0.569. The maximum Gasteiger partial charge on any atom is 0.315 e. The number of nitrogens with one attached hydrogen (secondary N) is 1. The molecule has 0 saturated carbocycles. The summed E-state index contributed by atoms with van der Waals surface area (Å²) in [4.78, 5) is 33.1. The molecule has 5 heteroatoms. The molecule has 1 aromatic rings. The summed E-state index contributed by atoms with van der Waals surface area (Å²) in [6.45, 7) is 1.92. The summed E-state index contributed by atoms with van der Waals surface area (Å²) in [5.41, 5.74) is 1.22. The number of benzene rings is 1. The summed E-state index contributed by atoms with van der Waals surface area (Å²) >= 11 is 0. The molecular weight excluding hydrogens is 246 g/mol. The lowest BCUT2D eigenvalue weighted by molar-refractivity contribution is -0.145. The van der Waals surface area contributed by atoms with E-state index in [4.69, 9.17) is 0 Å². The van der Waals surface area contributed by atoms with Crippen LogP contribution in [0.5, 0.6) is 0 Å². The molecular formula is C14H15NO4. The molecule has 0 spiro atoms. The Labute approximate surface area is 111 Å². The van der Waals surface area contributed by atoms with Gasteiger partial charge in [0.2, 0.25) is 5.91 Å². The smallest absolute Gasteiger partial charge is 0.315 e. The van der Waals surface area contributed by atoms with Gasteiger partial charge in [0.05, 0.1) is 6.61 Å². The van der Waals surface area contributed by atoms with Crippen LogP contribution in [0.3, 0.4) is 0 Å². The van der Waals surface area contributed by atoms with E-state index in [0.29, 0.717) is 17.5 Å². The Morgan fingerprint density at radius 3 is 2.74 bits per heavy atom. The molecule has 5 nitrogen and oxygen atoms in total. The second kappa shape index (κ2) is 7.81. The Bertz CT molecular complexity index is 494. The van der Waals surface area contributed by atoms with Crippen molar-refractivity contribution in [3.63, 3.8) is 0 Å². The van der Waals surface area contributed by atoms with Crippen molar-refractivity contribution in [2.24, 2.45) is 0 Å². The van der Waals surface area contributed by atoms with Crippen LogP contribution < -0.4 is 5.32 Å². The number of hydrogen-bond acceptors (Lipinski definition) is 4. The second-order valence-electron chi connectivity index (χ2n) is 3.61. The number of allylic oxidation sites excluding steroid dienone is 1. The molecule has 100 valence electrons. The number of aldehydes is 1. The molecule has 1 aromatic carbocycles. The summed E-state index contributed by atoms with van der Waals surface area (Å²) in [7, 11) is 0. The Kier molecular flexibility index (Phi) is 6.02. The fraction of sp³-hybridized carbons (Fsp3) is 0.214. The Morgan fingerprint density at radius 1 is 1.32 bits per heavy atom. The van der Waals surface area contributed by atoms with Gasteiger partial charge >= 0.3 is 5.97 Å². The first kappa shape index (κ1) is 14.6. The fourth-order valence-electron chi connectivity index (χ4n) is 1.44. The molecule has 0 aromatic heterocycles. The number of ether oxygens (including phenoxy) is 1. The topological polar surface area (TPSA) is 72.5 Å². The SMILES string of the molecule is CCOC(=O)CC(=O)Nc1ccccc1/C=C/C=O. The first-order valence-corrected chi connectivity index (χ1v) is 5.83. The first-order valence-electron chi connectivity index (χ1n) is 5.83. The van der Waals surface area contributed by atoms with Crippen LogP contribution in [0.2, 0.25) is 0 Å². The van der Waals surface area contributed by atoms with Crippen LogP contribution in [0.15, 0.2) is 30.3 Å². The maximum absolute atomic E-state index is 11.6. The van der Waals surface area contributed by atoms with Gasteiger partial charge in [-0.1, -0.05) is 18.2 Å². The van der Waals surface area contributed by atoms with Crippen LogP contribution in [0.25, 0.3) is 6.08 Å². The highest BCUT2D eigenvalue weighted by molar-refractivity contribution is 6.02. The minimum absolute atomic E-state index is 0.241. The average Bonchev–Trinajstić information content (AvgIpc) is 2.37. The predicted octanol–water partition coefficient (Wildman–Crippen LogP) is 1.79. The van der Waals surface area contributed by atoms with Crippen LogP contribution in [-0.2, 0) is 19.1 Å². The number of anilines is 1. The summed E-state index contributed by atoms with van der Waals surface area (Å²) in [5.74, 6) is -1.02. The van der Waals surface area contributed by atoms with E-state index >= 15 is 0 Å². The molecule has 0 heterocycles. The number of para-hydroxylation sites is 1. The summed E-state index contributed by atoms with van der Waals surface area (Å²) in [6.07, 6.45) is 3.22. The van der Waals surface area contributed by atoms with Crippen LogP contribution >= 0.6 is 0 Å². The van der Waals surface area contributed by atoms with E-state index in [0.717, 1.165) is 0 Å². The number of carbonyl (C=O) groups is 3. The van der Waals surface area contributed by atoms with E-state index in [1.807, 2.05) is 0 Å². The summed E-state index contributed by atoms with van der Waals surface area (Å²) in [5, 5.41) is 2.60. The predicted molar refractivity (Wildman–Crippen MR) is 71.4 cm³/mol. The molecule has 0 fully saturated rings. The van der Waals surface area contributed by atoms with Gasteiger partial charge in [0, 0.05) is 5.69 Å². The molecule has 1 amide bonds. The molecule has 0 bridgehead atoms. The van der Waals surface area contributed by atoms with Crippen molar-refractivity contribution >= 4 is 29.9 Å². The van der Waals surface area contributed by atoms with Gasteiger partial charge in [-0.2, -0.15) is 0 Å². The van der Waals surface area contributed by atoms with Gasteiger partial charge in [0.15, 0.2) is 0 Å². The van der Waals surface area contributed by atoms with Crippen molar-refractivity contribution in [1.29, 1.82) is 0 Å². The highest BCUT2D eigenvalue weighted by Gasteiger charge is 2.11.